The number of amides is 1. The van der Waals surface area contributed by atoms with Crippen molar-refractivity contribution in [3.8, 4) is 0 Å². The van der Waals surface area contributed by atoms with Gasteiger partial charge < -0.3 is 10.7 Å². The fourth-order valence-corrected chi connectivity index (χ4v) is 1.52. The van der Waals surface area contributed by atoms with Gasteiger partial charge in [-0.05, 0) is 24.6 Å². The predicted molar refractivity (Wildman–Crippen MR) is 69.0 cm³/mol. The number of rotatable bonds is 3. The highest BCUT2D eigenvalue weighted by Crippen LogP contribution is 2.17. The third kappa shape index (κ3) is 2.61. The number of nitrogens with zero attached hydrogens (tertiary/aromatic N) is 2. The van der Waals surface area contributed by atoms with Crippen LogP contribution in [0.3, 0.4) is 0 Å². The molecule has 0 bridgehead atoms. The number of aryl methyl sites for hydroxylation is 1. The van der Waals surface area contributed by atoms with Crippen LogP contribution in [0.2, 0.25) is 0 Å². The van der Waals surface area contributed by atoms with E-state index in [0.717, 1.165) is 5.56 Å². The van der Waals surface area contributed by atoms with Crippen LogP contribution in [0.1, 0.15) is 15.9 Å². The maximum Gasteiger partial charge on any atom is 0.259 e. The summed E-state index contributed by atoms with van der Waals surface area (Å²) in [5, 5.41) is 2.64. The minimum absolute atomic E-state index is 0.288. The van der Waals surface area contributed by atoms with Crippen molar-refractivity contribution in [3.05, 3.63) is 47.9 Å². The molecule has 0 aliphatic carbocycles. The quantitative estimate of drug-likeness (QED) is 0.558. The summed E-state index contributed by atoms with van der Waals surface area (Å²) in [5.74, 6) is 5.50. The lowest BCUT2D eigenvalue weighted by Crippen LogP contribution is -2.18. The number of nitrogens with one attached hydrogen (secondary N) is 2. The van der Waals surface area contributed by atoms with E-state index in [0.29, 0.717) is 17.1 Å². The van der Waals surface area contributed by atoms with Crippen LogP contribution < -0.4 is 16.6 Å². The van der Waals surface area contributed by atoms with Gasteiger partial charge in [-0.15, -0.1) is 0 Å². The maximum atomic E-state index is 12.0. The van der Waals surface area contributed by atoms with Gasteiger partial charge in [-0.2, -0.15) is 0 Å². The van der Waals surface area contributed by atoms with Gasteiger partial charge in [0.1, 0.15) is 0 Å². The lowest BCUT2D eigenvalue weighted by molar-refractivity contribution is 0.102. The predicted octanol–water partition coefficient (Wildman–Crippen LogP) is 1.32. The van der Waals surface area contributed by atoms with Gasteiger partial charge in [0.05, 0.1) is 17.4 Å². The fraction of sp³-hybridized carbons (Fsp3) is 0.0833. The molecule has 18 heavy (non-hydrogen) atoms. The van der Waals surface area contributed by atoms with Crippen LogP contribution in [0.4, 0.5) is 11.5 Å². The molecule has 1 amide bonds. The van der Waals surface area contributed by atoms with E-state index in [1.807, 2.05) is 13.0 Å². The van der Waals surface area contributed by atoms with Gasteiger partial charge in [0.15, 0.2) is 5.82 Å². The SMILES string of the molecule is Cc1ccc(C(=O)Nc2cnccn2)c(NN)c1. The minimum Gasteiger partial charge on any atom is -0.323 e. The number of hydrogen-bond acceptors (Lipinski definition) is 5. The van der Waals surface area contributed by atoms with E-state index in [2.05, 4.69) is 20.7 Å². The molecular formula is C12H13N5O. The summed E-state index contributed by atoms with van der Waals surface area (Å²) in [6, 6.07) is 5.34. The molecule has 0 spiro atoms. The van der Waals surface area contributed by atoms with Gasteiger partial charge in [0.2, 0.25) is 0 Å². The van der Waals surface area contributed by atoms with E-state index in [-0.39, 0.29) is 5.91 Å². The largest absolute Gasteiger partial charge is 0.323 e. The molecule has 0 unspecified atom stereocenters. The van der Waals surface area contributed by atoms with E-state index >= 15 is 0 Å². The number of hydrogen-bond donors (Lipinski definition) is 3. The maximum absolute atomic E-state index is 12.0. The van der Waals surface area contributed by atoms with Gasteiger partial charge in [-0.25, -0.2) is 4.98 Å². The zero-order chi connectivity index (χ0) is 13.0. The number of benzene rings is 1. The second-order valence-electron chi connectivity index (χ2n) is 3.74. The highest BCUT2D eigenvalue weighted by atomic mass is 16.1. The monoisotopic (exact) mass is 243 g/mol. The molecule has 0 fully saturated rings. The zero-order valence-electron chi connectivity index (χ0n) is 9.84. The van der Waals surface area contributed by atoms with Crippen molar-refractivity contribution in [2.45, 2.75) is 6.92 Å². The minimum atomic E-state index is -0.288. The first-order valence-electron chi connectivity index (χ1n) is 5.35. The van der Waals surface area contributed by atoms with Gasteiger partial charge in [0.25, 0.3) is 5.91 Å². The van der Waals surface area contributed by atoms with Gasteiger partial charge in [-0.3, -0.25) is 15.6 Å². The molecule has 0 saturated carbocycles. The highest BCUT2D eigenvalue weighted by molar-refractivity contribution is 6.07. The smallest absolute Gasteiger partial charge is 0.259 e. The molecule has 0 aliphatic heterocycles. The second-order valence-corrected chi connectivity index (χ2v) is 3.74. The molecule has 4 N–H and O–H groups in total. The molecule has 6 heteroatoms. The van der Waals surface area contributed by atoms with E-state index in [9.17, 15) is 4.79 Å². The Morgan fingerprint density at radius 3 is 2.83 bits per heavy atom. The number of hydrazine groups is 1. The number of carbonyl (C=O) groups excluding carboxylic acids is 1. The van der Waals surface area contributed by atoms with Crippen LogP contribution in [0, 0.1) is 6.92 Å². The summed E-state index contributed by atoms with van der Waals surface area (Å²) in [6.45, 7) is 1.92. The van der Waals surface area contributed by atoms with Crippen LogP contribution in [0.25, 0.3) is 0 Å². The molecular weight excluding hydrogens is 230 g/mol. The van der Waals surface area contributed by atoms with E-state index < -0.39 is 0 Å². The first-order valence-corrected chi connectivity index (χ1v) is 5.35. The summed E-state index contributed by atoms with van der Waals surface area (Å²) < 4.78 is 0. The summed E-state index contributed by atoms with van der Waals surface area (Å²) in [5.41, 5.74) is 4.54. The van der Waals surface area contributed by atoms with Crippen molar-refractivity contribution >= 4 is 17.4 Å². The van der Waals surface area contributed by atoms with Crippen molar-refractivity contribution in [2.75, 3.05) is 10.7 Å². The molecule has 1 heterocycles. The standard InChI is InChI=1S/C12H13N5O/c1-8-2-3-9(10(6-8)17-13)12(18)16-11-7-14-4-5-15-11/h2-7,17H,13H2,1H3,(H,15,16,18). The molecule has 2 rings (SSSR count). The molecule has 1 aromatic carbocycles. The number of anilines is 2. The molecule has 0 aliphatic rings. The molecule has 92 valence electrons. The zero-order valence-corrected chi connectivity index (χ0v) is 9.84. The number of carbonyl (C=O) groups is 1. The number of nitrogens with two attached hydrogens (primary N) is 1. The van der Waals surface area contributed by atoms with Crippen LogP contribution in [-0.2, 0) is 0 Å². The highest BCUT2D eigenvalue weighted by Gasteiger charge is 2.11. The third-order valence-electron chi connectivity index (χ3n) is 2.38. The average Bonchev–Trinajstić information content (AvgIpc) is 2.39. The normalized spacial score (nSPS) is 9.89. The van der Waals surface area contributed by atoms with Crippen molar-refractivity contribution in [1.29, 1.82) is 0 Å². The van der Waals surface area contributed by atoms with E-state index in [1.165, 1.54) is 18.6 Å². The summed E-state index contributed by atoms with van der Waals surface area (Å²) in [4.78, 5) is 19.9. The van der Waals surface area contributed by atoms with E-state index in [1.54, 1.807) is 12.1 Å². The topological polar surface area (TPSA) is 92.9 Å². The summed E-state index contributed by atoms with van der Waals surface area (Å²) in [6.07, 6.45) is 4.52. The molecule has 2 aromatic rings. The summed E-state index contributed by atoms with van der Waals surface area (Å²) >= 11 is 0. The Kier molecular flexibility index (Phi) is 3.49. The van der Waals surface area contributed by atoms with Gasteiger partial charge in [-0.1, -0.05) is 6.07 Å². The molecule has 6 nitrogen and oxygen atoms in total. The van der Waals surface area contributed by atoms with Crippen molar-refractivity contribution in [3.63, 3.8) is 0 Å². The Labute approximate surface area is 104 Å². The second kappa shape index (κ2) is 5.24. The van der Waals surface area contributed by atoms with E-state index in [4.69, 9.17) is 5.84 Å². The molecule has 0 saturated heterocycles. The Hall–Kier alpha value is -2.47. The Balaban J connectivity index is 2.24. The third-order valence-corrected chi connectivity index (χ3v) is 2.38. The van der Waals surface area contributed by atoms with Gasteiger partial charge >= 0.3 is 0 Å². The molecule has 0 radical (unpaired) electrons. The summed E-state index contributed by atoms with van der Waals surface area (Å²) in [7, 11) is 0. The number of nitrogen functional groups attached to an aromatic ring is 1. The van der Waals surface area contributed by atoms with Crippen LogP contribution in [0.15, 0.2) is 36.8 Å². The molecule has 0 atom stereocenters. The lowest BCUT2D eigenvalue weighted by Gasteiger charge is -2.09. The Bertz CT molecular complexity index is 556. The number of aromatic nitrogens is 2. The van der Waals surface area contributed by atoms with Crippen molar-refractivity contribution in [1.82, 2.24) is 9.97 Å². The van der Waals surface area contributed by atoms with Gasteiger partial charge in [0, 0.05) is 12.4 Å². The van der Waals surface area contributed by atoms with Crippen LogP contribution in [0.5, 0.6) is 0 Å². The Morgan fingerprint density at radius 1 is 1.33 bits per heavy atom. The van der Waals surface area contributed by atoms with Crippen molar-refractivity contribution < 1.29 is 4.79 Å². The first-order chi connectivity index (χ1) is 8.70. The average molecular weight is 243 g/mol. The van der Waals surface area contributed by atoms with Crippen LogP contribution in [-0.4, -0.2) is 15.9 Å². The first kappa shape index (κ1) is 12.0. The van der Waals surface area contributed by atoms with Crippen molar-refractivity contribution in [2.24, 2.45) is 5.84 Å². The molecule has 1 aromatic heterocycles. The fourth-order valence-electron chi connectivity index (χ4n) is 1.52. The van der Waals surface area contributed by atoms with Crippen LogP contribution >= 0.6 is 0 Å². The lowest BCUT2D eigenvalue weighted by atomic mass is 10.1. The Morgan fingerprint density at radius 2 is 2.17 bits per heavy atom.